The lowest BCUT2D eigenvalue weighted by Crippen LogP contribution is -2.48. The minimum atomic E-state index is -1.11. The molecule has 0 radical (unpaired) electrons. The Morgan fingerprint density at radius 1 is 0.375 bits per heavy atom. The Hall–Kier alpha value is -1.43. The quantitative estimate of drug-likeness (QED) is 0.0362. The molecule has 1 amide bonds. The number of amides is 1. The summed E-state index contributed by atoms with van der Waals surface area (Å²) in [5.74, 6) is -0.513. The number of aliphatic hydroxyl groups is 3. The summed E-state index contributed by atoms with van der Waals surface area (Å²) in [6.45, 7) is 4.17. The Labute approximate surface area is 400 Å². The highest BCUT2D eigenvalue weighted by Crippen LogP contribution is 2.18. The summed E-state index contributed by atoms with van der Waals surface area (Å²) in [4.78, 5) is 12.5. The van der Waals surface area contributed by atoms with Crippen LogP contribution < -0.4 is 5.32 Å². The summed E-state index contributed by atoms with van der Waals surface area (Å²) in [6.07, 6.45) is 71.1. The van der Waals surface area contributed by atoms with E-state index in [4.69, 9.17) is 0 Å². The lowest BCUT2D eigenvalue weighted by Gasteiger charge is -2.21. The normalized spacial score (nSPS) is 13.5. The van der Waals surface area contributed by atoms with Crippen molar-refractivity contribution in [1.29, 1.82) is 0 Å². The maximum atomic E-state index is 12.5. The number of carbonyl (C=O) groups excluding carboxylic acids is 1. The first-order chi connectivity index (χ1) is 31.6. The standard InChI is InChI=1S/C59H113NO4/c1-3-5-7-9-11-13-15-17-19-20-21-22-23-24-25-26-27-28-29-30-31-32-33-34-35-36-37-38-39-40-42-44-46-48-50-52-54-58(63)59(64)60-56(55-61)57(62)53-51-49-47-45-43-41-18-16-14-12-10-8-6-4-2/h14,16,43,45,51,53,56-58,61-63H,3-13,15,17-42,44,46-50,52,54-55H2,1-2H3,(H,60,64)/b16-14+,45-43+,53-51+. The van der Waals surface area contributed by atoms with Gasteiger partial charge < -0.3 is 20.6 Å². The van der Waals surface area contributed by atoms with Gasteiger partial charge in [0.15, 0.2) is 0 Å². The number of carbonyl (C=O) groups is 1. The van der Waals surface area contributed by atoms with Crippen molar-refractivity contribution in [2.45, 2.75) is 327 Å². The third-order valence-electron chi connectivity index (χ3n) is 13.5. The fourth-order valence-electron chi connectivity index (χ4n) is 8.99. The van der Waals surface area contributed by atoms with Gasteiger partial charge in [0.1, 0.15) is 6.10 Å². The average Bonchev–Trinajstić information content (AvgIpc) is 3.30. The van der Waals surface area contributed by atoms with E-state index in [1.54, 1.807) is 6.08 Å². The van der Waals surface area contributed by atoms with Crippen LogP contribution in [0.25, 0.3) is 0 Å². The van der Waals surface area contributed by atoms with Crippen molar-refractivity contribution in [3.8, 4) is 0 Å². The van der Waals surface area contributed by atoms with E-state index in [-0.39, 0.29) is 6.61 Å². The molecule has 0 aliphatic carbocycles. The van der Waals surface area contributed by atoms with Crippen LogP contribution in [0, 0.1) is 0 Å². The third kappa shape index (κ3) is 48.5. The summed E-state index contributed by atoms with van der Waals surface area (Å²) in [7, 11) is 0. The molecule has 4 N–H and O–H groups in total. The van der Waals surface area contributed by atoms with Crippen molar-refractivity contribution < 1.29 is 20.1 Å². The predicted molar refractivity (Wildman–Crippen MR) is 282 cm³/mol. The van der Waals surface area contributed by atoms with Gasteiger partial charge in [-0.15, -0.1) is 0 Å². The fourth-order valence-corrected chi connectivity index (χ4v) is 8.99. The van der Waals surface area contributed by atoms with Crippen molar-refractivity contribution in [2.75, 3.05) is 6.61 Å². The molecule has 0 heterocycles. The highest BCUT2D eigenvalue weighted by atomic mass is 16.3. The van der Waals surface area contributed by atoms with Crippen LogP contribution in [0.5, 0.6) is 0 Å². The Balaban J connectivity index is 3.46. The van der Waals surface area contributed by atoms with E-state index in [9.17, 15) is 20.1 Å². The minimum absolute atomic E-state index is 0.379. The first kappa shape index (κ1) is 62.6. The van der Waals surface area contributed by atoms with Crippen LogP contribution in [0.3, 0.4) is 0 Å². The Morgan fingerprint density at radius 2 is 0.641 bits per heavy atom. The maximum Gasteiger partial charge on any atom is 0.249 e. The van der Waals surface area contributed by atoms with Crippen LogP contribution in [0.2, 0.25) is 0 Å². The van der Waals surface area contributed by atoms with Crippen LogP contribution in [0.1, 0.15) is 309 Å². The SMILES string of the molecule is CCCCCC/C=C/CC/C=C/CC/C=C/C(O)C(CO)NC(=O)C(O)CCCCCCCCCCCCCCCCCCCCCCCCCCCCCCCCCCCCCC. The van der Waals surface area contributed by atoms with Crippen molar-refractivity contribution >= 4 is 5.91 Å². The highest BCUT2D eigenvalue weighted by molar-refractivity contribution is 5.80. The van der Waals surface area contributed by atoms with Crippen LogP contribution >= 0.6 is 0 Å². The molecule has 0 aromatic rings. The molecule has 3 atom stereocenters. The third-order valence-corrected chi connectivity index (χ3v) is 13.5. The van der Waals surface area contributed by atoms with E-state index >= 15 is 0 Å². The predicted octanol–water partition coefficient (Wildman–Crippen LogP) is 17.8. The van der Waals surface area contributed by atoms with Crippen molar-refractivity contribution in [3.63, 3.8) is 0 Å². The number of hydrogen-bond acceptors (Lipinski definition) is 4. The van der Waals surface area contributed by atoms with Gasteiger partial charge in [0, 0.05) is 0 Å². The topological polar surface area (TPSA) is 89.8 Å². The van der Waals surface area contributed by atoms with Gasteiger partial charge in [-0.05, 0) is 44.9 Å². The molecule has 0 saturated heterocycles. The van der Waals surface area contributed by atoms with Crippen LogP contribution in [0.15, 0.2) is 36.5 Å². The van der Waals surface area contributed by atoms with Gasteiger partial charge in [-0.2, -0.15) is 0 Å². The van der Waals surface area contributed by atoms with Gasteiger partial charge in [-0.25, -0.2) is 0 Å². The van der Waals surface area contributed by atoms with Crippen molar-refractivity contribution in [3.05, 3.63) is 36.5 Å². The molecular formula is C59H113NO4. The Morgan fingerprint density at radius 3 is 0.953 bits per heavy atom. The van der Waals surface area contributed by atoms with Crippen LogP contribution in [0.4, 0.5) is 0 Å². The van der Waals surface area contributed by atoms with E-state index in [2.05, 4.69) is 43.5 Å². The zero-order valence-corrected chi connectivity index (χ0v) is 43.2. The van der Waals surface area contributed by atoms with Crippen LogP contribution in [-0.4, -0.2) is 46.1 Å². The second-order valence-electron chi connectivity index (χ2n) is 19.8. The molecule has 0 rings (SSSR count). The molecule has 3 unspecified atom stereocenters. The first-order valence-corrected chi connectivity index (χ1v) is 28.8. The molecule has 0 fully saturated rings. The summed E-state index contributed by atoms with van der Waals surface area (Å²) >= 11 is 0. The van der Waals surface area contributed by atoms with Gasteiger partial charge in [0.2, 0.25) is 5.91 Å². The molecule has 0 aliphatic heterocycles. The number of aliphatic hydroxyl groups excluding tert-OH is 3. The number of hydrogen-bond donors (Lipinski definition) is 4. The summed E-state index contributed by atoms with van der Waals surface area (Å²) in [5, 5.41) is 33.2. The van der Waals surface area contributed by atoms with E-state index < -0.39 is 24.2 Å². The van der Waals surface area contributed by atoms with E-state index in [0.29, 0.717) is 6.42 Å². The first-order valence-electron chi connectivity index (χ1n) is 28.8. The Kier molecular flexibility index (Phi) is 53.0. The molecule has 64 heavy (non-hydrogen) atoms. The smallest absolute Gasteiger partial charge is 0.249 e. The summed E-state index contributed by atoms with van der Waals surface area (Å²) < 4.78 is 0. The van der Waals surface area contributed by atoms with E-state index in [0.717, 1.165) is 44.9 Å². The highest BCUT2D eigenvalue weighted by Gasteiger charge is 2.22. The molecule has 0 bridgehead atoms. The van der Waals surface area contributed by atoms with Gasteiger partial charge in [-0.1, -0.05) is 301 Å². The molecule has 0 aromatic heterocycles. The van der Waals surface area contributed by atoms with Gasteiger partial charge in [0.25, 0.3) is 0 Å². The van der Waals surface area contributed by atoms with Gasteiger partial charge >= 0.3 is 0 Å². The summed E-state index contributed by atoms with van der Waals surface area (Å²) in [6, 6.07) is -0.819. The number of nitrogens with one attached hydrogen (secondary N) is 1. The van der Waals surface area contributed by atoms with Crippen LogP contribution in [-0.2, 0) is 4.79 Å². The molecule has 0 saturated carbocycles. The fraction of sp³-hybridized carbons (Fsp3) is 0.881. The second-order valence-corrected chi connectivity index (χ2v) is 19.8. The second kappa shape index (κ2) is 54.2. The molecule has 0 spiro atoms. The zero-order valence-electron chi connectivity index (χ0n) is 43.2. The van der Waals surface area contributed by atoms with E-state index in [1.165, 1.54) is 244 Å². The largest absolute Gasteiger partial charge is 0.394 e. The summed E-state index contributed by atoms with van der Waals surface area (Å²) in [5.41, 5.74) is 0. The maximum absolute atomic E-state index is 12.5. The molecular weight excluding hydrogens is 787 g/mol. The minimum Gasteiger partial charge on any atom is -0.394 e. The lowest BCUT2D eigenvalue weighted by molar-refractivity contribution is -0.131. The molecule has 5 nitrogen and oxygen atoms in total. The van der Waals surface area contributed by atoms with Gasteiger partial charge in [0.05, 0.1) is 18.8 Å². The Bertz CT molecular complexity index is 993. The van der Waals surface area contributed by atoms with Crippen molar-refractivity contribution in [2.24, 2.45) is 0 Å². The zero-order chi connectivity index (χ0) is 46.5. The number of unbranched alkanes of at least 4 members (excludes halogenated alkanes) is 41. The molecule has 5 heteroatoms. The molecule has 378 valence electrons. The monoisotopic (exact) mass is 900 g/mol. The molecule has 0 aromatic carbocycles. The van der Waals surface area contributed by atoms with Crippen molar-refractivity contribution in [1.82, 2.24) is 5.32 Å². The van der Waals surface area contributed by atoms with Gasteiger partial charge in [-0.3, -0.25) is 4.79 Å². The lowest BCUT2D eigenvalue weighted by atomic mass is 10.0. The van der Waals surface area contributed by atoms with E-state index in [1.807, 2.05) is 6.08 Å². The average molecular weight is 901 g/mol. The molecule has 0 aliphatic rings. The number of allylic oxidation sites excluding steroid dienone is 5. The number of rotatable bonds is 53.